The van der Waals surface area contributed by atoms with Crippen molar-refractivity contribution >= 4 is 9.84 Å². The highest BCUT2D eigenvalue weighted by Crippen LogP contribution is 2.40. The smallest absolute Gasteiger partial charge is 0.379 e. The molecule has 22 heavy (non-hydrogen) atoms. The summed E-state index contributed by atoms with van der Waals surface area (Å²) in [4.78, 5) is -0.549. The van der Waals surface area contributed by atoms with Crippen LogP contribution in [0.1, 0.15) is 11.7 Å². The van der Waals surface area contributed by atoms with Crippen molar-refractivity contribution in [3.05, 3.63) is 60.2 Å². The van der Waals surface area contributed by atoms with Gasteiger partial charge in [-0.25, -0.2) is 8.42 Å². The molecule has 0 aliphatic rings. The molecule has 0 saturated heterocycles. The van der Waals surface area contributed by atoms with Crippen LogP contribution in [-0.4, -0.2) is 25.9 Å². The average molecular weight is 328 g/mol. The van der Waals surface area contributed by atoms with E-state index in [1.165, 1.54) is 49.6 Å². The standard InChI is InChI=1S/C15H14F2O4S/c1-21-12-9-7-11(8-10-12)14(18)15(16,17)22(19,20)13-5-3-2-4-6-13/h2-10,14,18H,1H3. The SMILES string of the molecule is COc1ccc(C(O)C(F)(F)S(=O)(=O)c2ccccc2)cc1. The molecule has 2 aromatic carbocycles. The molecule has 2 rings (SSSR count). The van der Waals surface area contributed by atoms with E-state index in [2.05, 4.69) is 0 Å². The Balaban J connectivity index is 2.39. The van der Waals surface area contributed by atoms with Gasteiger partial charge in [0.25, 0.3) is 0 Å². The Labute approximate surface area is 126 Å². The minimum absolute atomic E-state index is 0.217. The van der Waals surface area contributed by atoms with E-state index in [4.69, 9.17) is 4.74 Å². The van der Waals surface area contributed by atoms with Gasteiger partial charge in [-0.3, -0.25) is 0 Å². The number of aliphatic hydroxyl groups excluding tert-OH is 1. The zero-order valence-electron chi connectivity index (χ0n) is 11.6. The number of sulfone groups is 1. The van der Waals surface area contributed by atoms with E-state index in [9.17, 15) is 22.3 Å². The van der Waals surface area contributed by atoms with Crippen LogP contribution < -0.4 is 4.74 Å². The third kappa shape index (κ3) is 2.82. The van der Waals surface area contributed by atoms with Crippen LogP contribution >= 0.6 is 0 Å². The molecule has 1 atom stereocenters. The van der Waals surface area contributed by atoms with E-state index in [0.717, 1.165) is 12.1 Å². The molecule has 0 fully saturated rings. The van der Waals surface area contributed by atoms with Gasteiger partial charge >= 0.3 is 5.25 Å². The van der Waals surface area contributed by atoms with Gasteiger partial charge in [-0.15, -0.1) is 0 Å². The maximum atomic E-state index is 14.3. The Morgan fingerprint density at radius 1 is 1.05 bits per heavy atom. The number of methoxy groups -OCH3 is 1. The predicted octanol–water partition coefficient (Wildman–Crippen LogP) is 2.80. The Kier molecular flexibility index (Phi) is 4.48. The summed E-state index contributed by atoms with van der Waals surface area (Å²) in [6, 6.07) is 11.4. The van der Waals surface area contributed by atoms with Crippen LogP contribution in [0.2, 0.25) is 0 Å². The Morgan fingerprint density at radius 3 is 2.09 bits per heavy atom. The predicted molar refractivity (Wildman–Crippen MR) is 76.5 cm³/mol. The van der Waals surface area contributed by atoms with Crippen LogP contribution in [0.15, 0.2) is 59.5 Å². The van der Waals surface area contributed by atoms with E-state index >= 15 is 0 Å². The minimum atomic E-state index is -5.02. The van der Waals surface area contributed by atoms with Crippen molar-refractivity contribution < 1.29 is 27.0 Å². The van der Waals surface area contributed by atoms with Crippen molar-refractivity contribution in [3.8, 4) is 5.75 Å². The molecule has 0 aromatic heterocycles. The highest BCUT2D eigenvalue weighted by Gasteiger charge is 2.53. The maximum Gasteiger partial charge on any atom is 0.379 e. The summed E-state index contributed by atoms with van der Waals surface area (Å²) in [5, 5.41) is 5.48. The van der Waals surface area contributed by atoms with Crippen LogP contribution in [0.3, 0.4) is 0 Å². The number of benzene rings is 2. The van der Waals surface area contributed by atoms with Gasteiger partial charge < -0.3 is 9.84 Å². The van der Waals surface area contributed by atoms with Crippen molar-refractivity contribution in [2.45, 2.75) is 16.3 Å². The Hall–Kier alpha value is -1.99. The molecule has 7 heteroatoms. The lowest BCUT2D eigenvalue weighted by atomic mass is 10.1. The normalized spacial score (nSPS) is 13.6. The van der Waals surface area contributed by atoms with Crippen LogP contribution in [0.4, 0.5) is 8.78 Å². The monoisotopic (exact) mass is 328 g/mol. The number of hydrogen-bond acceptors (Lipinski definition) is 4. The second-order valence-electron chi connectivity index (χ2n) is 4.55. The molecule has 118 valence electrons. The van der Waals surface area contributed by atoms with E-state index in [1.807, 2.05) is 0 Å². The molecule has 1 unspecified atom stereocenters. The molecular weight excluding hydrogens is 314 g/mol. The zero-order valence-corrected chi connectivity index (χ0v) is 12.4. The summed E-state index contributed by atoms with van der Waals surface area (Å²) < 4.78 is 57.6. The number of halogens is 2. The number of ether oxygens (including phenoxy) is 1. The molecule has 0 saturated carbocycles. The molecule has 2 aromatic rings. The van der Waals surface area contributed by atoms with E-state index < -0.39 is 26.1 Å². The molecule has 0 radical (unpaired) electrons. The molecule has 0 aliphatic carbocycles. The van der Waals surface area contributed by atoms with Gasteiger partial charge in [-0.2, -0.15) is 8.78 Å². The van der Waals surface area contributed by atoms with Crippen molar-refractivity contribution in [1.29, 1.82) is 0 Å². The third-order valence-corrected chi connectivity index (χ3v) is 4.99. The summed E-state index contributed by atoms with van der Waals surface area (Å²) in [5.74, 6) is 0.408. The van der Waals surface area contributed by atoms with Crippen LogP contribution in [0.5, 0.6) is 5.75 Å². The lowest BCUT2D eigenvalue weighted by Crippen LogP contribution is -2.35. The van der Waals surface area contributed by atoms with E-state index in [0.29, 0.717) is 5.75 Å². The maximum absolute atomic E-state index is 14.3. The summed E-state index contributed by atoms with van der Waals surface area (Å²) in [6.07, 6.45) is -2.48. The van der Waals surface area contributed by atoms with Crippen LogP contribution in [-0.2, 0) is 9.84 Å². The van der Waals surface area contributed by atoms with Gasteiger partial charge in [-0.05, 0) is 29.8 Å². The molecule has 0 amide bonds. The molecule has 4 nitrogen and oxygen atoms in total. The lowest BCUT2D eigenvalue weighted by Gasteiger charge is -2.23. The third-order valence-electron chi connectivity index (χ3n) is 3.16. The van der Waals surface area contributed by atoms with Crippen molar-refractivity contribution in [2.24, 2.45) is 0 Å². The average Bonchev–Trinajstić information content (AvgIpc) is 2.54. The first kappa shape index (κ1) is 16.4. The number of alkyl halides is 2. The highest BCUT2D eigenvalue weighted by molar-refractivity contribution is 7.92. The fourth-order valence-corrected chi connectivity index (χ4v) is 3.14. The first-order chi connectivity index (χ1) is 10.3. The van der Waals surface area contributed by atoms with Gasteiger partial charge in [0.15, 0.2) is 6.10 Å². The van der Waals surface area contributed by atoms with Crippen molar-refractivity contribution in [2.75, 3.05) is 7.11 Å². The van der Waals surface area contributed by atoms with Crippen LogP contribution in [0, 0.1) is 0 Å². The minimum Gasteiger partial charge on any atom is -0.497 e. The zero-order chi connectivity index (χ0) is 16.4. The molecule has 0 aliphatic heterocycles. The highest BCUT2D eigenvalue weighted by atomic mass is 32.2. The van der Waals surface area contributed by atoms with Crippen molar-refractivity contribution in [3.63, 3.8) is 0 Å². The molecular formula is C15H14F2O4S. The van der Waals surface area contributed by atoms with Gasteiger partial charge in [0.2, 0.25) is 9.84 Å². The van der Waals surface area contributed by atoms with Gasteiger partial charge in [0, 0.05) is 0 Å². The largest absolute Gasteiger partial charge is 0.497 e. The molecule has 0 spiro atoms. The number of hydrogen-bond donors (Lipinski definition) is 1. The molecule has 1 N–H and O–H groups in total. The van der Waals surface area contributed by atoms with Gasteiger partial charge in [0.1, 0.15) is 5.75 Å². The van der Waals surface area contributed by atoms with E-state index in [-0.39, 0.29) is 5.56 Å². The summed E-state index contributed by atoms with van der Waals surface area (Å²) in [5.41, 5.74) is -0.217. The van der Waals surface area contributed by atoms with Gasteiger partial charge in [-0.1, -0.05) is 30.3 Å². The van der Waals surface area contributed by atoms with Crippen LogP contribution in [0.25, 0.3) is 0 Å². The molecule has 0 heterocycles. The van der Waals surface area contributed by atoms with E-state index in [1.54, 1.807) is 0 Å². The lowest BCUT2D eigenvalue weighted by molar-refractivity contribution is -0.0434. The number of rotatable bonds is 5. The molecule has 0 bridgehead atoms. The fourth-order valence-electron chi connectivity index (χ4n) is 1.88. The second-order valence-corrected chi connectivity index (χ2v) is 6.58. The van der Waals surface area contributed by atoms with Gasteiger partial charge in [0.05, 0.1) is 12.0 Å². The Bertz CT molecular complexity index is 728. The second kappa shape index (κ2) is 6.02. The summed E-state index contributed by atoms with van der Waals surface area (Å²) in [6.45, 7) is 0. The van der Waals surface area contributed by atoms with Crippen molar-refractivity contribution in [1.82, 2.24) is 0 Å². The first-order valence-electron chi connectivity index (χ1n) is 6.30. The first-order valence-corrected chi connectivity index (χ1v) is 7.78. The fraction of sp³-hybridized carbons (Fsp3) is 0.200. The summed E-state index contributed by atoms with van der Waals surface area (Å²) in [7, 11) is -3.61. The Morgan fingerprint density at radius 2 is 1.59 bits per heavy atom. The number of aliphatic hydroxyl groups is 1. The quantitative estimate of drug-likeness (QED) is 0.917. The topological polar surface area (TPSA) is 63.6 Å². The summed E-state index contributed by atoms with van der Waals surface area (Å²) >= 11 is 0.